The lowest BCUT2D eigenvalue weighted by Gasteiger charge is -2.16. The van der Waals surface area contributed by atoms with Crippen LogP contribution in [0.15, 0.2) is 53.5 Å². The van der Waals surface area contributed by atoms with Crippen LogP contribution in [0.3, 0.4) is 0 Å². The van der Waals surface area contributed by atoms with Crippen molar-refractivity contribution in [1.82, 2.24) is 4.57 Å². The molecular weight excluding hydrogens is 438 g/mol. The van der Waals surface area contributed by atoms with E-state index >= 15 is 0 Å². The number of anilines is 1. The van der Waals surface area contributed by atoms with E-state index in [1.165, 1.54) is 29.7 Å². The summed E-state index contributed by atoms with van der Waals surface area (Å²) in [6, 6.07) is 9.32. The summed E-state index contributed by atoms with van der Waals surface area (Å²) >= 11 is 0. The van der Waals surface area contributed by atoms with Crippen molar-refractivity contribution >= 4 is 15.7 Å². The highest BCUT2D eigenvalue weighted by atomic mass is 32.2. The van der Waals surface area contributed by atoms with Crippen LogP contribution in [-0.4, -0.2) is 18.7 Å². The monoisotopic (exact) mass is 460 g/mol. The van der Waals surface area contributed by atoms with Crippen molar-refractivity contribution in [2.75, 3.05) is 10.5 Å². The van der Waals surface area contributed by atoms with Crippen LogP contribution in [0.2, 0.25) is 0 Å². The zero-order valence-electron chi connectivity index (χ0n) is 17.6. The van der Waals surface area contributed by atoms with Crippen molar-refractivity contribution in [1.29, 1.82) is 0 Å². The summed E-state index contributed by atoms with van der Waals surface area (Å²) < 4.78 is 61.3. The minimum Gasteiger partial charge on any atom is -0.454 e. The molecule has 0 spiro atoms. The molecule has 0 amide bonds. The number of nitrogens with one attached hydrogen (secondary N) is 1. The van der Waals surface area contributed by atoms with E-state index in [-0.39, 0.29) is 28.7 Å². The molecule has 1 fully saturated rings. The quantitative estimate of drug-likeness (QED) is 0.551. The number of pyridine rings is 1. The Kier molecular flexibility index (Phi) is 5.77. The van der Waals surface area contributed by atoms with Crippen LogP contribution in [0.4, 0.5) is 14.5 Å². The lowest BCUT2D eigenvalue weighted by atomic mass is 10.0. The van der Waals surface area contributed by atoms with E-state index in [1.54, 1.807) is 25.4 Å². The van der Waals surface area contributed by atoms with Crippen LogP contribution in [-0.2, 0) is 17.1 Å². The first-order chi connectivity index (χ1) is 15.2. The number of hydrogen-bond acceptors (Lipinski definition) is 4. The zero-order chi connectivity index (χ0) is 23.0. The van der Waals surface area contributed by atoms with Crippen LogP contribution in [0.1, 0.15) is 31.2 Å². The molecule has 0 unspecified atom stereocenters. The second-order valence-electron chi connectivity index (χ2n) is 7.77. The Labute approximate surface area is 184 Å². The van der Waals surface area contributed by atoms with Crippen LogP contribution >= 0.6 is 0 Å². The first kappa shape index (κ1) is 22.0. The van der Waals surface area contributed by atoms with Crippen LogP contribution in [0.5, 0.6) is 11.5 Å². The van der Waals surface area contributed by atoms with Gasteiger partial charge in [0, 0.05) is 41.7 Å². The van der Waals surface area contributed by atoms with Crippen molar-refractivity contribution in [3.8, 4) is 22.6 Å². The first-order valence-corrected chi connectivity index (χ1v) is 11.8. The largest absolute Gasteiger partial charge is 0.454 e. The highest BCUT2D eigenvalue weighted by Crippen LogP contribution is 2.41. The number of sulfonamides is 1. The predicted octanol–water partition coefficient (Wildman–Crippen LogP) is 4.76. The molecule has 6 nitrogen and oxygen atoms in total. The standard InChI is InChI=1S/C23H22F2N2O4S/c1-3-32(29,30)26-17-7-9-21(31-22-8-6-16(24)11-20(22)25)18(12-17)15-10-19(14-4-5-14)23(28)27(2)13-15/h6-14,26H,3-5H2,1-2H3. The summed E-state index contributed by atoms with van der Waals surface area (Å²) in [5.74, 6) is -1.46. The molecule has 0 radical (unpaired) electrons. The van der Waals surface area contributed by atoms with Gasteiger partial charge >= 0.3 is 0 Å². The molecule has 9 heteroatoms. The van der Waals surface area contributed by atoms with Crippen LogP contribution in [0, 0.1) is 11.6 Å². The van der Waals surface area contributed by atoms with Gasteiger partial charge in [0.15, 0.2) is 11.6 Å². The summed E-state index contributed by atoms with van der Waals surface area (Å²) in [5.41, 5.74) is 1.96. The SMILES string of the molecule is CCS(=O)(=O)Nc1ccc(Oc2ccc(F)cc2F)c(-c2cc(C3CC3)c(=O)n(C)c2)c1. The number of halogens is 2. The highest BCUT2D eigenvalue weighted by Gasteiger charge is 2.27. The smallest absolute Gasteiger partial charge is 0.253 e. The Morgan fingerprint density at radius 2 is 1.81 bits per heavy atom. The summed E-state index contributed by atoms with van der Waals surface area (Å²) in [5, 5.41) is 0. The van der Waals surface area contributed by atoms with Gasteiger partial charge in [0.05, 0.1) is 5.75 Å². The van der Waals surface area contributed by atoms with Crippen molar-refractivity contribution in [2.24, 2.45) is 7.05 Å². The second-order valence-corrected chi connectivity index (χ2v) is 9.78. The maximum Gasteiger partial charge on any atom is 0.253 e. The molecule has 0 bridgehead atoms. The van der Waals surface area contributed by atoms with Crippen molar-refractivity contribution in [3.05, 3.63) is 76.2 Å². The molecule has 1 N–H and O–H groups in total. The third-order valence-electron chi connectivity index (χ3n) is 5.29. The second kappa shape index (κ2) is 8.38. The average molecular weight is 461 g/mol. The van der Waals surface area contributed by atoms with Crippen molar-refractivity contribution in [3.63, 3.8) is 0 Å². The van der Waals surface area contributed by atoms with E-state index in [4.69, 9.17) is 4.74 Å². The van der Waals surface area contributed by atoms with E-state index in [1.807, 2.05) is 0 Å². The van der Waals surface area contributed by atoms with Gasteiger partial charge in [-0.1, -0.05) is 0 Å². The number of nitrogens with zero attached hydrogens (tertiary/aromatic N) is 1. The van der Waals surface area contributed by atoms with Crippen molar-refractivity contribution < 1.29 is 21.9 Å². The number of benzene rings is 2. The highest BCUT2D eigenvalue weighted by molar-refractivity contribution is 7.92. The third-order valence-corrected chi connectivity index (χ3v) is 6.59. The lowest BCUT2D eigenvalue weighted by Crippen LogP contribution is -2.20. The molecule has 2 aromatic carbocycles. The molecular formula is C23H22F2N2O4S. The summed E-state index contributed by atoms with van der Waals surface area (Å²) in [6.45, 7) is 1.52. The zero-order valence-corrected chi connectivity index (χ0v) is 18.4. The topological polar surface area (TPSA) is 77.4 Å². The molecule has 1 aliphatic carbocycles. The summed E-state index contributed by atoms with van der Waals surface area (Å²) in [7, 11) is -1.89. The van der Waals surface area contributed by atoms with E-state index in [0.29, 0.717) is 22.4 Å². The molecule has 168 valence electrons. The Balaban J connectivity index is 1.84. The predicted molar refractivity (Wildman–Crippen MR) is 119 cm³/mol. The molecule has 4 rings (SSSR count). The average Bonchev–Trinajstić information content (AvgIpc) is 3.58. The molecule has 1 aliphatic rings. The fourth-order valence-electron chi connectivity index (χ4n) is 3.41. The van der Waals surface area contributed by atoms with Gasteiger partial charge in [0.2, 0.25) is 10.0 Å². The van der Waals surface area contributed by atoms with E-state index in [2.05, 4.69) is 4.72 Å². The number of aryl methyl sites for hydroxylation is 1. The molecule has 0 atom stereocenters. The van der Waals surface area contributed by atoms with Gasteiger partial charge in [-0.3, -0.25) is 9.52 Å². The Morgan fingerprint density at radius 1 is 1.09 bits per heavy atom. The minimum absolute atomic E-state index is 0.0915. The van der Waals surface area contributed by atoms with E-state index in [9.17, 15) is 22.0 Å². The van der Waals surface area contributed by atoms with Gasteiger partial charge in [-0.05, 0) is 62.1 Å². The Bertz CT molecular complexity index is 1350. The molecule has 1 saturated carbocycles. The molecule has 0 aliphatic heterocycles. The Morgan fingerprint density at radius 3 is 2.47 bits per heavy atom. The van der Waals surface area contributed by atoms with Gasteiger partial charge < -0.3 is 9.30 Å². The summed E-state index contributed by atoms with van der Waals surface area (Å²) in [6.07, 6.45) is 3.48. The molecule has 3 aromatic rings. The molecule has 0 saturated heterocycles. The number of ether oxygens (including phenoxy) is 1. The van der Waals surface area contributed by atoms with Crippen molar-refractivity contribution in [2.45, 2.75) is 25.7 Å². The van der Waals surface area contributed by atoms with Gasteiger partial charge in [-0.15, -0.1) is 0 Å². The van der Waals surface area contributed by atoms with Crippen LogP contribution in [0.25, 0.3) is 11.1 Å². The summed E-state index contributed by atoms with van der Waals surface area (Å²) in [4.78, 5) is 12.5. The van der Waals surface area contributed by atoms with Gasteiger partial charge in [0.25, 0.3) is 5.56 Å². The van der Waals surface area contributed by atoms with E-state index < -0.39 is 21.7 Å². The third kappa shape index (κ3) is 4.67. The Hall–Kier alpha value is -3.20. The fraction of sp³-hybridized carbons (Fsp3) is 0.261. The number of hydrogen-bond donors (Lipinski definition) is 1. The lowest BCUT2D eigenvalue weighted by molar-refractivity contribution is 0.439. The number of aromatic nitrogens is 1. The maximum absolute atomic E-state index is 14.2. The van der Waals surface area contributed by atoms with Gasteiger partial charge in [-0.2, -0.15) is 0 Å². The first-order valence-electron chi connectivity index (χ1n) is 10.1. The number of rotatable bonds is 7. The molecule has 1 heterocycles. The maximum atomic E-state index is 14.2. The van der Waals surface area contributed by atoms with Gasteiger partial charge in [-0.25, -0.2) is 17.2 Å². The van der Waals surface area contributed by atoms with E-state index in [0.717, 1.165) is 25.0 Å². The minimum atomic E-state index is -3.53. The van der Waals surface area contributed by atoms with Gasteiger partial charge in [0.1, 0.15) is 11.6 Å². The molecule has 1 aromatic heterocycles. The normalized spacial score (nSPS) is 13.8. The van der Waals surface area contributed by atoms with Crippen LogP contribution < -0.4 is 15.0 Å². The fourth-order valence-corrected chi connectivity index (χ4v) is 4.04. The molecule has 32 heavy (non-hydrogen) atoms.